The molecule has 8 heteroatoms. The van der Waals surface area contributed by atoms with Gasteiger partial charge in [-0.25, -0.2) is 9.59 Å². The van der Waals surface area contributed by atoms with Crippen LogP contribution < -0.4 is 0 Å². The Morgan fingerprint density at radius 2 is 1.78 bits per heavy atom. The van der Waals surface area contributed by atoms with E-state index in [2.05, 4.69) is 15.9 Å². The van der Waals surface area contributed by atoms with Crippen molar-refractivity contribution in [2.75, 3.05) is 0 Å². The Morgan fingerprint density at radius 1 is 1.22 bits per heavy atom. The van der Waals surface area contributed by atoms with Gasteiger partial charge in [-0.2, -0.15) is 0 Å². The fraction of sp³-hybridized carbons (Fsp3) is 0.333. The number of cyclic esters (lactones) is 2. The largest absolute Gasteiger partial charge is 0.419 e. The summed E-state index contributed by atoms with van der Waals surface area (Å²) in [5.41, 5.74) is -0.335. The van der Waals surface area contributed by atoms with E-state index in [1.54, 1.807) is 18.2 Å². The summed E-state index contributed by atoms with van der Waals surface area (Å²) in [6.07, 6.45) is 0.181. The van der Waals surface area contributed by atoms with Crippen molar-refractivity contribution in [1.29, 1.82) is 0 Å². The summed E-state index contributed by atoms with van der Waals surface area (Å²) in [5, 5.41) is 11.3. The van der Waals surface area contributed by atoms with Crippen LogP contribution in [0.4, 0.5) is 0 Å². The normalized spacial score (nSPS) is 16.6. The Kier molecular flexibility index (Phi) is 4.84. The number of ether oxygens (including phenoxy) is 2. The maximum Gasteiger partial charge on any atom is 0.355 e. The second-order valence-electron chi connectivity index (χ2n) is 5.35. The number of rotatable bonds is 4. The van der Waals surface area contributed by atoms with E-state index in [0.717, 1.165) is 10.0 Å². The minimum absolute atomic E-state index is 0.102. The first-order valence-electron chi connectivity index (χ1n) is 6.79. The van der Waals surface area contributed by atoms with Crippen molar-refractivity contribution in [3.05, 3.63) is 55.7 Å². The van der Waals surface area contributed by atoms with E-state index in [1.807, 2.05) is 6.07 Å². The topological polar surface area (TPSA) is 95.7 Å². The smallest absolute Gasteiger partial charge is 0.355 e. The Hall–Kier alpha value is -2.22. The molecule has 0 spiro atoms. The third-order valence-electron chi connectivity index (χ3n) is 3.18. The number of halogens is 1. The minimum atomic E-state index is -1.43. The van der Waals surface area contributed by atoms with Gasteiger partial charge in [0.25, 0.3) is 11.5 Å². The first kappa shape index (κ1) is 17.1. The molecule has 0 atom stereocenters. The number of esters is 2. The lowest BCUT2D eigenvalue weighted by Crippen LogP contribution is -2.42. The summed E-state index contributed by atoms with van der Waals surface area (Å²) < 4.78 is 10.6. The van der Waals surface area contributed by atoms with Gasteiger partial charge >= 0.3 is 11.9 Å². The van der Waals surface area contributed by atoms with Crippen LogP contribution in [0, 0.1) is 10.1 Å². The van der Waals surface area contributed by atoms with Gasteiger partial charge in [-0.05, 0) is 18.1 Å². The van der Waals surface area contributed by atoms with E-state index < -0.39 is 33.9 Å². The van der Waals surface area contributed by atoms with Crippen LogP contribution in [0.5, 0.6) is 0 Å². The van der Waals surface area contributed by atoms with E-state index in [-0.39, 0.29) is 12.8 Å². The maximum atomic E-state index is 11.9. The summed E-state index contributed by atoms with van der Waals surface area (Å²) in [6, 6.07) is 7.22. The van der Waals surface area contributed by atoms with Gasteiger partial charge in [0.05, 0.1) is 4.92 Å². The molecule has 1 aliphatic heterocycles. The van der Waals surface area contributed by atoms with Crippen molar-refractivity contribution in [2.24, 2.45) is 0 Å². The number of benzene rings is 1. The van der Waals surface area contributed by atoms with E-state index >= 15 is 0 Å². The van der Waals surface area contributed by atoms with E-state index in [1.165, 1.54) is 13.8 Å². The molecule has 122 valence electrons. The number of hydrogen-bond donors (Lipinski definition) is 0. The Morgan fingerprint density at radius 3 is 2.30 bits per heavy atom. The predicted molar refractivity (Wildman–Crippen MR) is 82.7 cm³/mol. The Bertz CT molecular complexity index is 688. The average Bonchev–Trinajstić information content (AvgIpc) is 2.41. The van der Waals surface area contributed by atoms with Gasteiger partial charge in [0.1, 0.15) is 0 Å². The highest BCUT2D eigenvalue weighted by Crippen LogP contribution is 2.27. The summed E-state index contributed by atoms with van der Waals surface area (Å²) in [5.74, 6) is -3.50. The van der Waals surface area contributed by atoms with Gasteiger partial charge in [-0.1, -0.05) is 34.1 Å². The molecular weight excluding hydrogens is 370 g/mol. The number of nitro groups is 1. The molecule has 0 unspecified atom stereocenters. The maximum absolute atomic E-state index is 11.9. The molecule has 0 radical (unpaired) electrons. The van der Waals surface area contributed by atoms with Gasteiger partial charge in [-0.3, -0.25) is 10.1 Å². The second-order valence-corrected chi connectivity index (χ2v) is 6.20. The first-order valence-corrected chi connectivity index (χ1v) is 7.58. The zero-order chi connectivity index (χ0) is 17.2. The lowest BCUT2D eigenvalue weighted by molar-refractivity contribution is -0.429. The quantitative estimate of drug-likeness (QED) is 0.260. The van der Waals surface area contributed by atoms with Gasteiger partial charge in [0, 0.05) is 24.7 Å². The molecule has 1 aliphatic rings. The van der Waals surface area contributed by atoms with E-state index in [4.69, 9.17) is 9.47 Å². The van der Waals surface area contributed by atoms with Crippen molar-refractivity contribution in [2.45, 2.75) is 32.5 Å². The molecule has 0 amide bonds. The molecule has 0 bridgehead atoms. The van der Waals surface area contributed by atoms with Crippen LogP contribution in [0.2, 0.25) is 0 Å². The molecule has 0 aliphatic carbocycles. The molecule has 0 aromatic heterocycles. The number of allylic oxidation sites excluding steroid dienone is 1. The van der Waals surface area contributed by atoms with Gasteiger partial charge in [0.2, 0.25) is 5.57 Å². The van der Waals surface area contributed by atoms with Gasteiger partial charge in [0.15, 0.2) is 0 Å². The molecule has 1 saturated heterocycles. The molecule has 0 saturated carbocycles. The number of carbonyl (C=O) groups excluding carboxylic acids is 2. The van der Waals surface area contributed by atoms with Crippen LogP contribution in [0.25, 0.3) is 0 Å². The van der Waals surface area contributed by atoms with E-state index in [0.29, 0.717) is 0 Å². The van der Waals surface area contributed by atoms with Crippen molar-refractivity contribution >= 4 is 27.9 Å². The number of nitrogens with zero attached hydrogens (tertiary/aromatic N) is 1. The summed E-state index contributed by atoms with van der Waals surface area (Å²) in [6.45, 7) is 2.76. The van der Waals surface area contributed by atoms with Crippen LogP contribution in [0.1, 0.15) is 25.8 Å². The molecule has 2 rings (SSSR count). The van der Waals surface area contributed by atoms with Gasteiger partial charge < -0.3 is 9.47 Å². The number of carbonyl (C=O) groups is 2. The zero-order valence-electron chi connectivity index (χ0n) is 12.5. The number of aryl methyl sites for hydroxylation is 1. The molecule has 1 aromatic rings. The van der Waals surface area contributed by atoms with Crippen LogP contribution in [0.15, 0.2) is 40.0 Å². The highest BCUT2D eigenvalue weighted by molar-refractivity contribution is 9.10. The highest BCUT2D eigenvalue weighted by atomic mass is 79.9. The molecule has 1 aromatic carbocycles. The zero-order valence-corrected chi connectivity index (χ0v) is 14.1. The van der Waals surface area contributed by atoms with Crippen LogP contribution in [-0.4, -0.2) is 22.6 Å². The van der Waals surface area contributed by atoms with E-state index in [9.17, 15) is 19.7 Å². The van der Waals surface area contributed by atoms with Gasteiger partial charge in [-0.15, -0.1) is 0 Å². The standard InChI is InChI=1S/C15H14BrNO6/c1-15(2)22-13(18)12(14(19)23-15)11(17(20)21)8-7-9-5-3-4-6-10(9)16/h3-6H,7-8H2,1-2H3. The number of hydrogen-bond acceptors (Lipinski definition) is 6. The summed E-state index contributed by atoms with van der Waals surface area (Å²) in [7, 11) is 0. The third-order valence-corrected chi connectivity index (χ3v) is 3.96. The van der Waals surface area contributed by atoms with Crippen molar-refractivity contribution in [3.8, 4) is 0 Å². The predicted octanol–water partition coefficient (Wildman–Crippen LogP) is 2.75. The second kappa shape index (κ2) is 6.49. The summed E-state index contributed by atoms with van der Waals surface area (Å²) in [4.78, 5) is 34.4. The molecule has 1 heterocycles. The van der Waals surface area contributed by atoms with Crippen molar-refractivity contribution < 1.29 is 24.0 Å². The third kappa shape index (κ3) is 3.95. The van der Waals surface area contributed by atoms with Crippen LogP contribution in [-0.2, 0) is 25.5 Å². The first-order chi connectivity index (χ1) is 10.7. The van der Waals surface area contributed by atoms with Crippen molar-refractivity contribution in [3.63, 3.8) is 0 Å². The minimum Gasteiger partial charge on any atom is -0.419 e. The molecule has 0 N–H and O–H groups in total. The fourth-order valence-corrected chi connectivity index (χ4v) is 2.63. The highest BCUT2D eigenvalue weighted by Gasteiger charge is 2.44. The Balaban J connectivity index is 2.31. The SMILES string of the molecule is CC1(C)OC(=O)C(=C(CCc2ccccc2Br)[N+](=O)[O-])C(=O)O1. The monoisotopic (exact) mass is 383 g/mol. The van der Waals surface area contributed by atoms with Crippen LogP contribution in [0.3, 0.4) is 0 Å². The van der Waals surface area contributed by atoms with Crippen LogP contribution >= 0.6 is 15.9 Å². The van der Waals surface area contributed by atoms with Crippen molar-refractivity contribution in [1.82, 2.24) is 0 Å². The average molecular weight is 384 g/mol. The Labute approximate surface area is 140 Å². The lowest BCUT2D eigenvalue weighted by atomic mass is 10.0. The lowest BCUT2D eigenvalue weighted by Gasteiger charge is -2.29. The molecule has 1 fully saturated rings. The molecular formula is C15H14BrNO6. The molecule has 23 heavy (non-hydrogen) atoms. The molecule has 7 nitrogen and oxygen atoms in total. The summed E-state index contributed by atoms with van der Waals surface area (Å²) >= 11 is 3.35. The fourth-order valence-electron chi connectivity index (χ4n) is 2.15.